The van der Waals surface area contributed by atoms with Crippen LogP contribution in [0.15, 0.2) is 30.3 Å². The zero-order valence-electron chi connectivity index (χ0n) is 8.51. The zero-order chi connectivity index (χ0) is 10.5. The first-order valence-corrected chi connectivity index (χ1v) is 4.84. The molecule has 15 heavy (non-hydrogen) atoms. The van der Waals surface area contributed by atoms with Crippen molar-refractivity contribution in [3.8, 4) is 0 Å². The lowest BCUT2D eigenvalue weighted by Gasteiger charge is -2.14. The van der Waals surface area contributed by atoms with Gasteiger partial charge in [0.1, 0.15) is 0 Å². The van der Waals surface area contributed by atoms with Gasteiger partial charge in [-0.15, -0.1) is 10.2 Å². The normalized spacial score (nSPS) is 12.6. The summed E-state index contributed by atoms with van der Waals surface area (Å²) in [6.07, 6.45) is 0.733. The Hall–Kier alpha value is -1.75. The van der Waals surface area contributed by atoms with Crippen LogP contribution in [0.2, 0.25) is 0 Å². The van der Waals surface area contributed by atoms with E-state index in [2.05, 4.69) is 38.1 Å². The van der Waals surface area contributed by atoms with E-state index in [0.717, 1.165) is 12.2 Å². The molecule has 1 aromatic heterocycles. The fraction of sp³-hybridized carbons (Fsp3) is 0.300. The first-order chi connectivity index (χ1) is 7.40. The number of benzene rings is 1. The Labute approximate surface area is 87.9 Å². The molecule has 0 fully saturated rings. The standard InChI is InChI=1S/C10H13N5/c1-11-9(7-10-12-14-15-13-10)8-5-3-2-4-6-8/h2-6,9,11H,7H2,1H3,(H,12,13,14,15). The van der Waals surface area contributed by atoms with E-state index in [1.807, 2.05) is 25.2 Å². The van der Waals surface area contributed by atoms with Gasteiger partial charge < -0.3 is 5.32 Å². The molecule has 0 aliphatic rings. The number of rotatable bonds is 4. The molecule has 5 heteroatoms. The Morgan fingerprint density at radius 1 is 1.33 bits per heavy atom. The predicted molar refractivity (Wildman–Crippen MR) is 56.1 cm³/mol. The van der Waals surface area contributed by atoms with E-state index in [1.54, 1.807) is 0 Å². The van der Waals surface area contributed by atoms with E-state index < -0.39 is 0 Å². The predicted octanol–water partition coefficient (Wildman–Crippen LogP) is 0.703. The number of hydrogen-bond donors (Lipinski definition) is 2. The van der Waals surface area contributed by atoms with E-state index in [9.17, 15) is 0 Å². The summed E-state index contributed by atoms with van der Waals surface area (Å²) in [6, 6.07) is 10.4. The van der Waals surface area contributed by atoms with Crippen molar-refractivity contribution in [2.45, 2.75) is 12.5 Å². The van der Waals surface area contributed by atoms with Gasteiger partial charge in [-0.1, -0.05) is 35.5 Å². The van der Waals surface area contributed by atoms with Crippen molar-refractivity contribution in [1.82, 2.24) is 25.9 Å². The maximum atomic E-state index is 3.94. The lowest BCUT2D eigenvalue weighted by atomic mass is 10.0. The van der Waals surface area contributed by atoms with Crippen LogP contribution in [0.25, 0.3) is 0 Å². The quantitative estimate of drug-likeness (QED) is 0.767. The van der Waals surface area contributed by atoms with Gasteiger partial charge in [-0.2, -0.15) is 5.21 Å². The molecular weight excluding hydrogens is 190 g/mol. The smallest absolute Gasteiger partial charge is 0.176 e. The topological polar surface area (TPSA) is 66.5 Å². The van der Waals surface area contributed by atoms with Gasteiger partial charge in [0, 0.05) is 12.5 Å². The average molecular weight is 203 g/mol. The van der Waals surface area contributed by atoms with Gasteiger partial charge in [-0.25, -0.2) is 0 Å². The van der Waals surface area contributed by atoms with Gasteiger partial charge in [0.15, 0.2) is 5.82 Å². The van der Waals surface area contributed by atoms with E-state index in [1.165, 1.54) is 5.56 Å². The molecule has 1 heterocycles. The fourth-order valence-corrected chi connectivity index (χ4v) is 1.52. The van der Waals surface area contributed by atoms with Gasteiger partial charge in [-0.3, -0.25) is 0 Å². The number of aromatic amines is 1. The number of aromatic nitrogens is 4. The Morgan fingerprint density at radius 2 is 2.13 bits per heavy atom. The molecule has 0 saturated heterocycles. The molecule has 0 saturated carbocycles. The summed E-state index contributed by atoms with van der Waals surface area (Å²) in [5.74, 6) is 0.721. The van der Waals surface area contributed by atoms with Gasteiger partial charge in [0.2, 0.25) is 0 Å². The second-order valence-electron chi connectivity index (χ2n) is 3.28. The number of nitrogens with one attached hydrogen (secondary N) is 2. The number of hydrogen-bond acceptors (Lipinski definition) is 4. The van der Waals surface area contributed by atoms with Crippen molar-refractivity contribution in [1.29, 1.82) is 0 Å². The number of nitrogens with zero attached hydrogens (tertiary/aromatic N) is 3. The van der Waals surface area contributed by atoms with Gasteiger partial charge in [0.25, 0.3) is 0 Å². The summed E-state index contributed by atoms with van der Waals surface area (Å²) in [7, 11) is 1.93. The van der Waals surface area contributed by atoms with E-state index in [0.29, 0.717) is 0 Å². The highest BCUT2D eigenvalue weighted by molar-refractivity contribution is 5.19. The second-order valence-corrected chi connectivity index (χ2v) is 3.28. The molecule has 78 valence electrons. The Kier molecular flexibility index (Phi) is 3.04. The summed E-state index contributed by atoms with van der Waals surface area (Å²) in [5, 5.41) is 17.1. The van der Waals surface area contributed by atoms with Crippen LogP contribution in [0.1, 0.15) is 17.4 Å². The molecular formula is C10H13N5. The number of likely N-dealkylation sites (N-methyl/N-ethyl adjacent to an activating group) is 1. The summed E-state index contributed by atoms with van der Waals surface area (Å²) in [4.78, 5) is 0. The molecule has 5 nitrogen and oxygen atoms in total. The minimum absolute atomic E-state index is 0.226. The summed E-state index contributed by atoms with van der Waals surface area (Å²) in [6.45, 7) is 0. The monoisotopic (exact) mass is 203 g/mol. The maximum Gasteiger partial charge on any atom is 0.176 e. The Bertz CT molecular complexity index is 383. The third-order valence-corrected chi connectivity index (χ3v) is 2.33. The highest BCUT2D eigenvalue weighted by atomic mass is 15.5. The van der Waals surface area contributed by atoms with Crippen molar-refractivity contribution < 1.29 is 0 Å². The second kappa shape index (κ2) is 4.65. The maximum absolute atomic E-state index is 3.94. The van der Waals surface area contributed by atoms with Crippen LogP contribution in [0.4, 0.5) is 0 Å². The van der Waals surface area contributed by atoms with E-state index >= 15 is 0 Å². The molecule has 2 rings (SSSR count). The molecule has 0 aliphatic heterocycles. The minimum Gasteiger partial charge on any atom is -0.313 e. The lowest BCUT2D eigenvalue weighted by Crippen LogP contribution is -2.19. The fourth-order valence-electron chi connectivity index (χ4n) is 1.52. The van der Waals surface area contributed by atoms with E-state index in [4.69, 9.17) is 0 Å². The SMILES string of the molecule is CNC(Cc1nn[nH]n1)c1ccccc1. The van der Waals surface area contributed by atoms with Crippen molar-refractivity contribution in [3.63, 3.8) is 0 Å². The summed E-state index contributed by atoms with van der Waals surface area (Å²) in [5.41, 5.74) is 1.23. The van der Waals surface area contributed by atoms with Crippen molar-refractivity contribution >= 4 is 0 Å². The third kappa shape index (κ3) is 2.38. The highest BCUT2D eigenvalue weighted by Gasteiger charge is 2.11. The highest BCUT2D eigenvalue weighted by Crippen LogP contribution is 2.14. The first kappa shape index (κ1) is 9.79. The van der Waals surface area contributed by atoms with Crippen LogP contribution in [-0.2, 0) is 6.42 Å². The van der Waals surface area contributed by atoms with Crippen LogP contribution in [0.5, 0.6) is 0 Å². The molecule has 1 unspecified atom stereocenters. The molecule has 0 amide bonds. The van der Waals surface area contributed by atoms with Crippen LogP contribution in [0.3, 0.4) is 0 Å². The van der Waals surface area contributed by atoms with Crippen molar-refractivity contribution in [3.05, 3.63) is 41.7 Å². The Balaban J connectivity index is 2.12. The minimum atomic E-state index is 0.226. The molecule has 1 atom stereocenters. The molecule has 0 aliphatic carbocycles. The number of tetrazole rings is 1. The van der Waals surface area contributed by atoms with Crippen molar-refractivity contribution in [2.24, 2.45) is 0 Å². The summed E-state index contributed by atoms with van der Waals surface area (Å²) < 4.78 is 0. The zero-order valence-corrected chi connectivity index (χ0v) is 8.51. The van der Waals surface area contributed by atoms with Gasteiger partial charge >= 0.3 is 0 Å². The molecule has 2 aromatic rings. The largest absolute Gasteiger partial charge is 0.313 e. The van der Waals surface area contributed by atoms with Crippen LogP contribution < -0.4 is 5.32 Å². The average Bonchev–Trinajstić information content (AvgIpc) is 2.80. The molecule has 1 aromatic carbocycles. The van der Waals surface area contributed by atoms with Gasteiger partial charge in [0.05, 0.1) is 0 Å². The van der Waals surface area contributed by atoms with E-state index in [-0.39, 0.29) is 6.04 Å². The van der Waals surface area contributed by atoms with Crippen LogP contribution >= 0.6 is 0 Å². The molecule has 0 radical (unpaired) electrons. The van der Waals surface area contributed by atoms with Gasteiger partial charge in [-0.05, 0) is 12.6 Å². The van der Waals surface area contributed by atoms with Crippen molar-refractivity contribution in [2.75, 3.05) is 7.05 Å². The van der Waals surface area contributed by atoms with Crippen LogP contribution in [-0.4, -0.2) is 27.7 Å². The number of H-pyrrole nitrogens is 1. The molecule has 0 spiro atoms. The lowest BCUT2D eigenvalue weighted by molar-refractivity contribution is 0.575. The summed E-state index contributed by atoms with van der Waals surface area (Å²) >= 11 is 0. The third-order valence-electron chi connectivity index (χ3n) is 2.33. The Morgan fingerprint density at radius 3 is 2.73 bits per heavy atom. The van der Waals surface area contributed by atoms with Crippen LogP contribution in [0, 0.1) is 0 Å². The first-order valence-electron chi connectivity index (χ1n) is 4.84. The molecule has 2 N–H and O–H groups in total. The molecule has 0 bridgehead atoms.